The number of aromatic nitrogens is 3. The minimum absolute atomic E-state index is 0.155. The summed E-state index contributed by atoms with van der Waals surface area (Å²) in [6, 6.07) is 1.53. The van der Waals surface area contributed by atoms with Gasteiger partial charge in [0.15, 0.2) is 11.0 Å². The summed E-state index contributed by atoms with van der Waals surface area (Å²) in [4.78, 5) is 3.64. The summed E-state index contributed by atoms with van der Waals surface area (Å²) >= 11 is 5.58. The third kappa shape index (κ3) is 1.72. The van der Waals surface area contributed by atoms with E-state index in [1.807, 2.05) is 0 Å². The van der Waals surface area contributed by atoms with E-state index in [1.54, 1.807) is 17.9 Å². The number of nitrogens with zero attached hydrogens (tertiary/aromatic N) is 3. The van der Waals surface area contributed by atoms with Crippen LogP contribution in [0.5, 0.6) is 0 Å². The smallest absolute Gasteiger partial charge is 0.169 e. The highest BCUT2D eigenvalue weighted by Gasteiger charge is 2.14. The fourth-order valence-electron chi connectivity index (χ4n) is 1.37. The first-order chi connectivity index (χ1) is 7.09. The Labute approximate surface area is 91.5 Å². The molecular weight excluding hydrogens is 217 g/mol. The molecule has 0 saturated heterocycles. The SMILES string of the molecule is [CH2]c1cn(C)nc1-c1ccnc(Cl)c1F. The summed E-state index contributed by atoms with van der Waals surface area (Å²) < 4.78 is 15.2. The molecule has 3 nitrogen and oxygen atoms in total. The first kappa shape index (κ1) is 10.1. The molecule has 0 atom stereocenters. The third-order valence-corrected chi connectivity index (χ3v) is 2.27. The van der Waals surface area contributed by atoms with E-state index >= 15 is 0 Å². The summed E-state index contributed by atoms with van der Waals surface area (Å²) in [7, 11) is 1.75. The van der Waals surface area contributed by atoms with Crippen LogP contribution in [0.3, 0.4) is 0 Å². The van der Waals surface area contributed by atoms with Crippen molar-refractivity contribution in [1.29, 1.82) is 0 Å². The highest BCUT2D eigenvalue weighted by Crippen LogP contribution is 2.26. The molecule has 77 valence electrons. The lowest BCUT2D eigenvalue weighted by Gasteiger charge is -2.01. The van der Waals surface area contributed by atoms with Crippen LogP contribution in [0.15, 0.2) is 18.5 Å². The second-order valence-corrected chi connectivity index (χ2v) is 3.50. The molecule has 0 spiro atoms. The molecule has 1 radical (unpaired) electrons. The molecule has 0 aromatic carbocycles. The fourth-order valence-corrected chi connectivity index (χ4v) is 1.52. The van der Waals surface area contributed by atoms with E-state index in [0.29, 0.717) is 16.8 Å². The van der Waals surface area contributed by atoms with Gasteiger partial charge in [-0.3, -0.25) is 4.68 Å². The fraction of sp³-hybridized carbons (Fsp3) is 0.100. The van der Waals surface area contributed by atoms with Crippen LogP contribution in [0.1, 0.15) is 5.56 Å². The highest BCUT2D eigenvalue weighted by molar-refractivity contribution is 6.29. The van der Waals surface area contributed by atoms with Gasteiger partial charge in [-0.15, -0.1) is 0 Å². The van der Waals surface area contributed by atoms with E-state index in [1.165, 1.54) is 12.3 Å². The molecule has 15 heavy (non-hydrogen) atoms. The van der Waals surface area contributed by atoms with Crippen molar-refractivity contribution < 1.29 is 4.39 Å². The summed E-state index contributed by atoms with van der Waals surface area (Å²) in [6.07, 6.45) is 3.15. The lowest BCUT2D eigenvalue weighted by Crippen LogP contribution is -1.92. The van der Waals surface area contributed by atoms with Crippen LogP contribution < -0.4 is 0 Å². The molecule has 0 aliphatic carbocycles. The molecule has 0 unspecified atom stereocenters. The molecule has 5 heteroatoms. The van der Waals surface area contributed by atoms with Crippen molar-refractivity contribution in [3.05, 3.63) is 41.9 Å². The summed E-state index contributed by atoms with van der Waals surface area (Å²) in [5, 5.41) is 3.96. The van der Waals surface area contributed by atoms with Gasteiger partial charge < -0.3 is 0 Å². The van der Waals surface area contributed by atoms with Crippen LogP contribution in [0.2, 0.25) is 5.15 Å². The van der Waals surface area contributed by atoms with Gasteiger partial charge in [0.25, 0.3) is 0 Å². The largest absolute Gasteiger partial charge is 0.275 e. The molecule has 0 saturated carbocycles. The van der Waals surface area contributed by atoms with Gasteiger partial charge in [-0.25, -0.2) is 9.37 Å². The van der Waals surface area contributed by atoms with Crippen molar-refractivity contribution in [2.75, 3.05) is 0 Å². The van der Waals surface area contributed by atoms with E-state index < -0.39 is 5.82 Å². The second kappa shape index (κ2) is 3.62. The number of hydrogen-bond acceptors (Lipinski definition) is 2. The van der Waals surface area contributed by atoms with Crippen molar-refractivity contribution in [2.45, 2.75) is 0 Å². The molecule has 0 bridgehead atoms. The Morgan fingerprint density at radius 3 is 2.87 bits per heavy atom. The zero-order valence-electron chi connectivity index (χ0n) is 8.04. The molecule has 0 aliphatic rings. The van der Waals surface area contributed by atoms with E-state index in [0.717, 1.165) is 0 Å². The lowest BCUT2D eigenvalue weighted by atomic mass is 10.1. The maximum Gasteiger partial charge on any atom is 0.169 e. The average Bonchev–Trinajstić information content (AvgIpc) is 2.50. The maximum absolute atomic E-state index is 13.6. The van der Waals surface area contributed by atoms with E-state index in [2.05, 4.69) is 17.0 Å². The van der Waals surface area contributed by atoms with Crippen LogP contribution in [0, 0.1) is 12.7 Å². The topological polar surface area (TPSA) is 30.7 Å². The quantitative estimate of drug-likeness (QED) is 0.697. The molecular formula is C10H8ClFN3. The van der Waals surface area contributed by atoms with Gasteiger partial charge in [-0.05, 0) is 18.6 Å². The molecule has 0 N–H and O–H groups in total. The molecule has 2 rings (SSSR count). The van der Waals surface area contributed by atoms with Gasteiger partial charge in [0.2, 0.25) is 0 Å². The number of pyridine rings is 1. The summed E-state index contributed by atoms with van der Waals surface area (Å²) in [5.74, 6) is -0.567. The van der Waals surface area contributed by atoms with Gasteiger partial charge >= 0.3 is 0 Å². The predicted octanol–water partition coefficient (Wildman–Crippen LogP) is 2.46. The number of aryl methyl sites for hydroxylation is 1. The Bertz CT molecular complexity index is 507. The first-order valence-electron chi connectivity index (χ1n) is 4.25. The molecule has 2 aromatic rings. The van der Waals surface area contributed by atoms with E-state index in [9.17, 15) is 4.39 Å². The van der Waals surface area contributed by atoms with E-state index in [4.69, 9.17) is 11.6 Å². The lowest BCUT2D eigenvalue weighted by molar-refractivity contribution is 0.624. The molecule has 2 aromatic heterocycles. The Morgan fingerprint density at radius 2 is 2.27 bits per heavy atom. The Balaban J connectivity index is 2.64. The summed E-state index contributed by atoms with van der Waals surface area (Å²) in [5.41, 5.74) is 1.46. The van der Waals surface area contributed by atoms with Gasteiger partial charge in [-0.1, -0.05) is 11.6 Å². The van der Waals surface area contributed by atoms with Gasteiger partial charge in [0.05, 0.1) is 5.69 Å². The molecule has 0 fully saturated rings. The van der Waals surface area contributed by atoms with Crippen molar-refractivity contribution >= 4 is 11.6 Å². The van der Waals surface area contributed by atoms with Crippen LogP contribution in [0.4, 0.5) is 4.39 Å². The van der Waals surface area contributed by atoms with Gasteiger partial charge in [0, 0.05) is 25.0 Å². The van der Waals surface area contributed by atoms with Crippen molar-refractivity contribution in [1.82, 2.24) is 14.8 Å². The predicted molar refractivity (Wildman–Crippen MR) is 55.9 cm³/mol. The van der Waals surface area contributed by atoms with Crippen LogP contribution in [-0.2, 0) is 7.05 Å². The van der Waals surface area contributed by atoms with E-state index in [-0.39, 0.29) is 5.15 Å². The van der Waals surface area contributed by atoms with Crippen LogP contribution in [0.25, 0.3) is 11.3 Å². The zero-order chi connectivity index (χ0) is 11.0. The minimum atomic E-state index is -0.567. The Morgan fingerprint density at radius 1 is 1.53 bits per heavy atom. The normalized spacial score (nSPS) is 10.7. The minimum Gasteiger partial charge on any atom is -0.275 e. The van der Waals surface area contributed by atoms with Gasteiger partial charge in [-0.2, -0.15) is 5.10 Å². The molecule has 0 amide bonds. The third-order valence-electron chi connectivity index (χ3n) is 2.01. The van der Waals surface area contributed by atoms with Gasteiger partial charge in [0.1, 0.15) is 0 Å². The van der Waals surface area contributed by atoms with Crippen molar-refractivity contribution in [2.24, 2.45) is 7.05 Å². The molecule has 2 heterocycles. The monoisotopic (exact) mass is 224 g/mol. The summed E-state index contributed by atoms with van der Waals surface area (Å²) in [6.45, 7) is 3.78. The first-order valence-corrected chi connectivity index (χ1v) is 4.63. The number of rotatable bonds is 1. The number of hydrogen-bond donors (Lipinski definition) is 0. The maximum atomic E-state index is 13.6. The molecule has 0 aliphatic heterocycles. The highest BCUT2D eigenvalue weighted by atomic mass is 35.5. The Kier molecular flexibility index (Phi) is 2.44. The van der Waals surface area contributed by atoms with Crippen molar-refractivity contribution in [3.8, 4) is 11.3 Å². The standard InChI is InChI=1S/C10H8ClFN3/c1-6-5-15(2)14-9(6)7-3-4-13-10(11)8(7)12/h3-5H,1H2,2H3. The van der Waals surface area contributed by atoms with Crippen molar-refractivity contribution in [3.63, 3.8) is 0 Å². The Hall–Kier alpha value is -1.42. The number of halogens is 2. The second-order valence-electron chi connectivity index (χ2n) is 3.14. The zero-order valence-corrected chi connectivity index (χ0v) is 8.79. The average molecular weight is 225 g/mol. The van der Waals surface area contributed by atoms with Crippen LogP contribution >= 0.6 is 11.6 Å². The van der Waals surface area contributed by atoms with Crippen LogP contribution in [-0.4, -0.2) is 14.8 Å².